The minimum absolute atomic E-state index is 0.0222. The number of hydrogen-bond donors (Lipinski definition) is 2. The SMILES string of the molecule is C[C@@H](Oc1c(N)ncc2c(C3=CCN(C(=O)C(C)(C)N)CC3)coc12)c1c(Cl)c(F)cc(F)c1Cl. The normalized spacial score (nSPS) is 15.3. The molecule has 0 fully saturated rings. The van der Waals surface area contributed by atoms with Crippen molar-refractivity contribution in [2.75, 3.05) is 18.8 Å². The molecule has 0 aliphatic carbocycles. The number of ether oxygens (including phenoxy) is 1. The molecular formula is C24H24Cl2F2N4O3. The largest absolute Gasteiger partial charge is 0.478 e. The van der Waals surface area contributed by atoms with Gasteiger partial charge in [-0.05, 0) is 32.8 Å². The van der Waals surface area contributed by atoms with Gasteiger partial charge in [-0.25, -0.2) is 13.8 Å². The summed E-state index contributed by atoms with van der Waals surface area (Å²) in [5.74, 6) is -1.93. The highest BCUT2D eigenvalue weighted by Gasteiger charge is 2.30. The van der Waals surface area contributed by atoms with Gasteiger partial charge in [0.2, 0.25) is 11.7 Å². The Kier molecular flexibility index (Phi) is 6.70. The van der Waals surface area contributed by atoms with Gasteiger partial charge in [-0.2, -0.15) is 0 Å². The van der Waals surface area contributed by atoms with Gasteiger partial charge in [0, 0.05) is 36.5 Å². The first-order valence-corrected chi connectivity index (χ1v) is 11.6. The van der Waals surface area contributed by atoms with Crippen LogP contribution in [0.4, 0.5) is 14.6 Å². The number of carbonyl (C=O) groups excluding carboxylic acids is 1. The first-order chi connectivity index (χ1) is 16.4. The number of halogens is 4. The van der Waals surface area contributed by atoms with Crippen LogP contribution in [0.25, 0.3) is 16.5 Å². The average Bonchev–Trinajstić information content (AvgIpc) is 3.23. The van der Waals surface area contributed by atoms with Crippen molar-refractivity contribution < 1.29 is 22.7 Å². The number of carbonyl (C=O) groups is 1. The number of pyridine rings is 1. The standard InChI is InChI=1S/C24H24Cl2F2N4O3/c1-11(17-18(25)15(27)8-16(28)19(17)26)35-21-20-13(9-31-22(21)29)14(10-34-20)12-4-6-32(7-5-12)23(33)24(2,3)30/h4,8-11H,5-7,30H2,1-3H3,(H2,29,31)/t11-/m1/s1. The lowest BCUT2D eigenvalue weighted by molar-refractivity contribution is -0.135. The molecule has 3 aromatic rings. The number of aromatic nitrogens is 1. The maximum absolute atomic E-state index is 14.0. The number of nitrogen functional groups attached to an aromatic ring is 1. The van der Waals surface area contributed by atoms with Crippen molar-refractivity contribution >= 4 is 51.5 Å². The molecule has 3 heterocycles. The second-order valence-electron chi connectivity index (χ2n) is 8.96. The van der Waals surface area contributed by atoms with Gasteiger partial charge in [-0.15, -0.1) is 0 Å². The predicted octanol–water partition coefficient (Wildman–Crippen LogP) is 5.49. The van der Waals surface area contributed by atoms with Gasteiger partial charge < -0.3 is 25.5 Å². The van der Waals surface area contributed by atoms with Crippen LogP contribution in [0, 0.1) is 11.6 Å². The number of anilines is 1. The highest BCUT2D eigenvalue weighted by atomic mass is 35.5. The molecule has 186 valence electrons. The molecule has 4 rings (SSSR count). The molecule has 0 unspecified atom stereocenters. The maximum Gasteiger partial charge on any atom is 0.242 e. The van der Waals surface area contributed by atoms with E-state index >= 15 is 0 Å². The Bertz CT molecular complexity index is 1320. The highest BCUT2D eigenvalue weighted by Crippen LogP contribution is 2.42. The van der Waals surface area contributed by atoms with E-state index in [-0.39, 0.29) is 33.1 Å². The molecule has 1 aliphatic rings. The van der Waals surface area contributed by atoms with Crippen LogP contribution in [0.3, 0.4) is 0 Å². The van der Waals surface area contributed by atoms with Crippen molar-refractivity contribution in [3.05, 3.63) is 57.4 Å². The van der Waals surface area contributed by atoms with Crippen molar-refractivity contribution in [1.82, 2.24) is 9.88 Å². The van der Waals surface area contributed by atoms with Gasteiger partial charge in [0.05, 0.1) is 27.2 Å². The number of benzene rings is 1. The lowest BCUT2D eigenvalue weighted by Gasteiger charge is -2.31. The lowest BCUT2D eigenvalue weighted by Crippen LogP contribution is -2.52. The molecule has 0 saturated heterocycles. The molecule has 0 saturated carbocycles. The van der Waals surface area contributed by atoms with Crippen molar-refractivity contribution in [3.63, 3.8) is 0 Å². The smallest absolute Gasteiger partial charge is 0.242 e. The second-order valence-corrected chi connectivity index (χ2v) is 9.71. The van der Waals surface area contributed by atoms with E-state index in [4.69, 9.17) is 43.8 Å². The number of furan rings is 1. The van der Waals surface area contributed by atoms with E-state index in [0.29, 0.717) is 36.5 Å². The van der Waals surface area contributed by atoms with Crippen LogP contribution in [0.2, 0.25) is 10.0 Å². The topological polar surface area (TPSA) is 108 Å². The Morgan fingerprint density at radius 3 is 2.51 bits per heavy atom. The molecule has 0 radical (unpaired) electrons. The van der Waals surface area contributed by atoms with Crippen LogP contribution in [0.1, 0.15) is 44.4 Å². The Morgan fingerprint density at radius 1 is 1.29 bits per heavy atom. The van der Waals surface area contributed by atoms with Gasteiger partial charge in [0.1, 0.15) is 17.7 Å². The summed E-state index contributed by atoms with van der Waals surface area (Å²) in [5, 5.41) is -0.0704. The zero-order chi connectivity index (χ0) is 25.7. The fraction of sp³-hybridized carbons (Fsp3) is 0.333. The summed E-state index contributed by atoms with van der Waals surface area (Å²) in [6.45, 7) is 5.79. The van der Waals surface area contributed by atoms with Gasteiger partial charge >= 0.3 is 0 Å². The molecule has 0 bridgehead atoms. The second kappa shape index (κ2) is 9.29. The van der Waals surface area contributed by atoms with Crippen LogP contribution in [0.5, 0.6) is 5.75 Å². The molecule has 7 nitrogen and oxygen atoms in total. The van der Waals surface area contributed by atoms with Crippen molar-refractivity contribution in [2.45, 2.75) is 38.8 Å². The molecule has 2 aromatic heterocycles. The molecule has 35 heavy (non-hydrogen) atoms. The molecule has 1 aliphatic heterocycles. The van der Waals surface area contributed by atoms with E-state index in [0.717, 1.165) is 11.1 Å². The summed E-state index contributed by atoms with van der Waals surface area (Å²) in [4.78, 5) is 18.4. The Labute approximate surface area is 210 Å². The zero-order valence-corrected chi connectivity index (χ0v) is 20.8. The third kappa shape index (κ3) is 4.68. The van der Waals surface area contributed by atoms with Crippen LogP contribution in [0.15, 0.2) is 29.0 Å². The van der Waals surface area contributed by atoms with Crippen molar-refractivity contribution in [2.24, 2.45) is 5.73 Å². The number of rotatable bonds is 5. The predicted molar refractivity (Wildman–Crippen MR) is 131 cm³/mol. The van der Waals surface area contributed by atoms with Crippen molar-refractivity contribution in [1.29, 1.82) is 0 Å². The molecule has 11 heteroatoms. The highest BCUT2D eigenvalue weighted by molar-refractivity contribution is 6.36. The van der Waals surface area contributed by atoms with Gasteiger partial charge in [0.25, 0.3) is 0 Å². The summed E-state index contributed by atoms with van der Waals surface area (Å²) in [6, 6.07) is 0.609. The van der Waals surface area contributed by atoms with Crippen molar-refractivity contribution in [3.8, 4) is 5.75 Å². The number of nitrogens with two attached hydrogens (primary N) is 2. The van der Waals surface area contributed by atoms with Gasteiger partial charge in [-0.1, -0.05) is 29.3 Å². The Morgan fingerprint density at radius 2 is 1.94 bits per heavy atom. The van der Waals surface area contributed by atoms with E-state index in [1.807, 2.05) is 6.08 Å². The van der Waals surface area contributed by atoms with E-state index < -0.39 is 23.3 Å². The van der Waals surface area contributed by atoms with E-state index in [1.165, 1.54) is 6.92 Å². The minimum atomic E-state index is -0.975. The number of amides is 1. The third-order valence-electron chi connectivity index (χ3n) is 5.84. The van der Waals surface area contributed by atoms with E-state index in [9.17, 15) is 13.6 Å². The minimum Gasteiger partial charge on any atom is -0.478 e. The number of fused-ring (bicyclic) bond motifs is 1. The lowest BCUT2D eigenvalue weighted by atomic mass is 9.97. The average molecular weight is 525 g/mol. The van der Waals surface area contributed by atoms with Crippen LogP contribution in [-0.4, -0.2) is 34.4 Å². The Hall–Kier alpha value is -2.88. The molecule has 4 N–H and O–H groups in total. The monoisotopic (exact) mass is 524 g/mol. The van der Waals surface area contributed by atoms with Gasteiger partial charge in [-0.3, -0.25) is 4.79 Å². The number of hydrogen-bond acceptors (Lipinski definition) is 6. The van der Waals surface area contributed by atoms with E-state index in [1.54, 1.807) is 31.2 Å². The maximum atomic E-state index is 14.0. The summed E-state index contributed by atoms with van der Waals surface area (Å²) >= 11 is 12.1. The first kappa shape index (κ1) is 25.2. The molecule has 0 spiro atoms. The number of nitrogens with zero attached hydrogens (tertiary/aromatic N) is 2. The Balaban J connectivity index is 1.66. The quantitative estimate of drug-likeness (QED) is 0.427. The first-order valence-electron chi connectivity index (χ1n) is 10.8. The summed E-state index contributed by atoms with van der Waals surface area (Å²) in [6.07, 6.45) is 4.66. The summed E-state index contributed by atoms with van der Waals surface area (Å²) in [7, 11) is 0. The van der Waals surface area contributed by atoms with Crippen LogP contribution in [-0.2, 0) is 4.79 Å². The zero-order valence-electron chi connectivity index (χ0n) is 19.3. The fourth-order valence-electron chi connectivity index (χ4n) is 4.03. The van der Waals surface area contributed by atoms with Gasteiger partial charge in [0.15, 0.2) is 11.4 Å². The van der Waals surface area contributed by atoms with E-state index in [2.05, 4.69) is 4.98 Å². The molecule has 1 atom stereocenters. The van der Waals surface area contributed by atoms with Crippen LogP contribution < -0.4 is 16.2 Å². The summed E-state index contributed by atoms with van der Waals surface area (Å²) in [5.41, 5.74) is 13.0. The fourth-order valence-corrected chi connectivity index (χ4v) is 4.69. The van der Waals surface area contributed by atoms with Crippen LogP contribution >= 0.6 is 23.2 Å². The molecule has 1 amide bonds. The molecule has 1 aromatic carbocycles. The third-order valence-corrected chi connectivity index (χ3v) is 6.61. The molecular weight excluding hydrogens is 501 g/mol. The summed E-state index contributed by atoms with van der Waals surface area (Å²) < 4.78 is 39.8.